The van der Waals surface area contributed by atoms with E-state index < -0.39 is 0 Å². The number of halogens is 1. The van der Waals surface area contributed by atoms with Gasteiger partial charge in [-0.2, -0.15) is 0 Å². The van der Waals surface area contributed by atoms with Crippen LogP contribution >= 0.6 is 0 Å². The van der Waals surface area contributed by atoms with E-state index in [4.69, 9.17) is 9.84 Å². The van der Waals surface area contributed by atoms with Gasteiger partial charge >= 0.3 is 0 Å². The van der Waals surface area contributed by atoms with Crippen molar-refractivity contribution in [2.75, 3.05) is 6.61 Å². The van der Waals surface area contributed by atoms with Crippen molar-refractivity contribution >= 4 is 0 Å². The zero-order valence-electron chi connectivity index (χ0n) is 9.29. The normalized spacial score (nSPS) is 16.6. The lowest BCUT2D eigenvalue weighted by Crippen LogP contribution is -2.09. The molecule has 3 heteroatoms. The molecule has 0 unspecified atom stereocenters. The lowest BCUT2D eigenvalue weighted by Gasteiger charge is -2.12. The lowest BCUT2D eigenvalue weighted by molar-refractivity contribution is 0.241. The summed E-state index contributed by atoms with van der Waals surface area (Å²) in [6, 6.07) is 4.60. The number of ether oxygens (including phenoxy) is 1. The summed E-state index contributed by atoms with van der Waals surface area (Å²) in [5.41, 5.74) is 0.575. The SMILES string of the molecule is OCc1ccc(OCC2CCCC2)c(F)c1. The first-order chi connectivity index (χ1) is 7.79. The van der Waals surface area contributed by atoms with Crippen LogP contribution in [-0.2, 0) is 6.61 Å². The summed E-state index contributed by atoms with van der Waals surface area (Å²) in [5.74, 6) is 0.491. The van der Waals surface area contributed by atoms with E-state index in [2.05, 4.69) is 0 Å². The third kappa shape index (κ3) is 2.73. The first-order valence-corrected chi connectivity index (χ1v) is 5.81. The molecule has 88 valence electrons. The van der Waals surface area contributed by atoms with Gasteiger partial charge in [0.2, 0.25) is 0 Å². The van der Waals surface area contributed by atoms with Crippen LogP contribution in [0.5, 0.6) is 5.75 Å². The van der Waals surface area contributed by atoms with Crippen molar-refractivity contribution in [3.8, 4) is 5.75 Å². The molecule has 0 bridgehead atoms. The highest BCUT2D eigenvalue weighted by molar-refractivity contribution is 5.28. The summed E-state index contributed by atoms with van der Waals surface area (Å²) >= 11 is 0. The summed E-state index contributed by atoms with van der Waals surface area (Å²) in [4.78, 5) is 0. The summed E-state index contributed by atoms with van der Waals surface area (Å²) in [7, 11) is 0. The Balaban J connectivity index is 1.93. The summed E-state index contributed by atoms with van der Waals surface area (Å²) in [5, 5.41) is 8.85. The number of rotatable bonds is 4. The summed E-state index contributed by atoms with van der Waals surface area (Å²) < 4.78 is 18.9. The minimum atomic E-state index is -0.385. The predicted octanol–water partition coefficient (Wildman–Crippen LogP) is 2.89. The zero-order valence-corrected chi connectivity index (χ0v) is 9.29. The molecule has 1 aromatic rings. The van der Waals surface area contributed by atoms with Gasteiger partial charge in [0.15, 0.2) is 11.6 Å². The minimum absolute atomic E-state index is 0.139. The van der Waals surface area contributed by atoms with Gasteiger partial charge in [0.05, 0.1) is 13.2 Å². The van der Waals surface area contributed by atoms with Gasteiger partial charge in [-0.05, 0) is 36.5 Å². The molecule has 0 aliphatic heterocycles. The fraction of sp³-hybridized carbons (Fsp3) is 0.538. The van der Waals surface area contributed by atoms with Crippen LogP contribution in [0.3, 0.4) is 0 Å². The van der Waals surface area contributed by atoms with Gasteiger partial charge in [0.25, 0.3) is 0 Å². The van der Waals surface area contributed by atoms with Crippen LogP contribution in [0.2, 0.25) is 0 Å². The molecule has 1 fully saturated rings. The van der Waals surface area contributed by atoms with Crippen LogP contribution in [0.1, 0.15) is 31.2 Å². The molecule has 2 nitrogen and oxygen atoms in total. The third-order valence-corrected chi connectivity index (χ3v) is 3.13. The van der Waals surface area contributed by atoms with E-state index in [0.717, 1.165) is 0 Å². The smallest absolute Gasteiger partial charge is 0.165 e. The Morgan fingerprint density at radius 1 is 1.31 bits per heavy atom. The van der Waals surface area contributed by atoms with Crippen LogP contribution in [0.25, 0.3) is 0 Å². The van der Waals surface area contributed by atoms with E-state index >= 15 is 0 Å². The highest BCUT2D eigenvalue weighted by atomic mass is 19.1. The summed E-state index contributed by atoms with van der Waals surface area (Å²) in [6.07, 6.45) is 4.91. The van der Waals surface area contributed by atoms with Crippen molar-refractivity contribution in [1.82, 2.24) is 0 Å². The second kappa shape index (κ2) is 5.30. The van der Waals surface area contributed by atoms with Gasteiger partial charge in [-0.3, -0.25) is 0 Å². The van der Waals surface area contributed by atoms with E-state index in [-0.39, 0.29) is 12.4 Å². The van der Waals surface area contributed by atoms with Gasteiger partial charge in [-0.1, -0.05) is 18.9 Å². The van der Waals surface area contributed by atoms with Gasteiger partial charge in [0, 0.05) is 0 Å². The molecule has 1 aromatic carbocycles. The molecule has 2 rings (SSSR count). The van der Waals surface area contributed by atoms with Gasteiger partial charge < -0.3 is 9.84 Å². The molecular weight excluding hydrogens is 207 g/mol. The van der Waals surface area contributed by atoms with E-state index in [9.17, 15) is 4.39 Å². The number of hydrogen-bond acceptors (Lipinski definition) is 2. The number of benzene rings is 1. The largest absolute Gasteiger partial charge is 0.490 e. The standard InChI is InChI=1S/C13H17FO2/c14-12-7-11(8-15)5-6-13(12)16-9-10-3-1-2-4-10/h5-7,10,15H,1-4,8-9H2. The molecule has 0 heterocycles. The Morgan fingerprint density at radius 2 is 2.06 bits per heavy atom. The fourth-order valence-corrected chi connectivity index (χ4v) is 2.14. The lowest BCUT2D eigenvalue weighted by atomic mass is 10.1. The van der Waals surface area contributed by atoms with Crippen LogP contribution in [0.15, 0.2) is 18.2 Å². The molecule has 1 aliphatic carbocycles. The van der Waals surface area contributed by atoms with Crippen molar-refractivity contribution in [3.05, 3.63) is 29.6 Å². The number of hydrogen-bond donors (Lipinski definition) is 1. The van der Waals surface area contributed by atoms with E-state index in [1.165, 1.54) is 31.7 Å². The molecule has 1 aliphatic rings. The van der Waals surface area contributed by atoms with Crippen LogP contribution < -0.4 is 4.74 Å². The quantitative estimate of drug-likeness (QED) is 0.852. The average Bonchev–Trinajstić information content (AvgIpc) is 2.80. The van der Waals surface area contributed by atoms with Crippen molar-refractivity contribution < 1.29 is 14.2 Å². The van der Waals surface area contributed by atoms with Crippen LogP contribution in [0.4, 0.5) is 4.39 Å². The highest BCUT2D eigenvalue weighted by Gasteiger charge is 2.16. The van der Waals surface area contributed by atoms with E-state index in [1.807, 2.05) is 0 Å². The summed E-state index contributed by atoms with van der Waals surface area (Å²) in [6.45, 7) is 0.467. The molecule has 0 amide bonds. The number of aliphatic hydroxyl groups is 1. The second-order valence-electron chi connectivity index (χ2n) is 4.38. The Bertz CT molecular complexity index is 346. The molecule has 1 N–H and O–H groups in total. The van der Waals surface area contributed by atoms with Crippen molar-refractivity contribution in [1.29, 1.82) is 0 Å². The molecule has 0 radical (unpaired) electrons. The molecule has 0 spiro atoms. The zero-order chi connectivity index (χ0) is 11.4. The molecular formula is C13H17FO2. The minimum Gasteiger partial charge on any atom is -0.490 e. The van der Waals surface area contributed by atoms with Gasteiger partial charge in [-0.15, -0.1) is 0 Å². The average molecular weight is 224 g/mol. The molecule has 0 saturated heterocycles. The first-order valence-electron chi connectivity index (χ1n) is 5.81. The maximum atomic E-state index is 13.5. The maximum absolute atomic E-state index is 13.5. The van der Waals surface area contributed by atoms with Crippen LogP contribution in [-0.4, -0.2) is 11.7 Å². The van der Waals surface area contributed by atoms with Gasteiger partial charge in [-0.25, -0.2) is 4.39 Å². The maximum Gasteiger partial charge on any atom is 0.165 e. The van der Waals surface area contributed by atoms with Gasteiger partial charge in [0.1, 0.15) is 0 Å². The van der Waals surface area contributed by atoms with E-state index in [1.54, 1.807) is 12.1 Å². The van der Waals surface area contributed by atoms with Crippen molar-refractivity contribution in [3.63, 3.8) is 0 Å². The Kier molecular flexibility index (Phi) is 3.78. The van der Waals surface area contributed by atoms with Crippen molar-refractivity contribution in [2.24, 2.45) is 5.92 Å². The fourth-order valence-electron chi connectivity index (χ4n) is 2.14. The van der Waals surface area contributed by atoms with Crippen LogP contribution in [0, 0.1) is 11.7 Å². The topological polar surface area (TPSA) is 29.5 Å². The first kappa shape index (κ1) is 11.4. The third-order valence-electron chi connectivity index (χ3n) is 3.13. The Labute approximate surface area is 95.1 Å². The highest BCUT2D eigenvalue weighted by Crippen LogP contribution is 2.26. The Morgan fingerprint density at radius 3 is 2.69 bits per heavy atom. The second-order valence-corrected chi connectivity index (χ2v) is 4.38. The Hall–Kier alpha value is -1.09. The molecule has 1 saturated carbocycles. The van der Waals surface area contributed by atoms with E-state index in [0.29, 0.717) is 23.8 Å². The van der Waals surface area contributed by atoms with Crippen molar-refractivity contribution in [2.45, 2.75) is 32.3 Å². The molecule has 0 atom stereocenters. The number of aliphatic hydroxyl groups excluding tert-OH is 1. The molecule has 16 heavy (non-hydrogen) atoms. The predicted molar refractivity (Wildman–Crippen MR) is 59.8 cm³/mol. The monoisotopic (exact) mass is 224 g/mol. The molecule has 0 aromatic heterocycles.